The van der Waals surface area contributed by atoms with Gasteiger partial charge in [-0.05, 0) is 54.2 Å². The Morgan fingerprint density at radius 3 is 2.61 bits per heavy atom. The molecule has 1 fully saturated rings. The summed E-state index contributed by atoms with van der Waals surface area (Å²) >= 11 is 6.07. The summed E-state index contributed by atoms with van der Waals surface area (Å²) in [5.74, 6) is 0.334. The largest absolute Gasteiger partial charge is 0.327 e. The van der Waals surface area contributed by atoms with Gasteiger partial charge in [-0.25, -0.2) is 4.39 Å². The molecule has 0 saturated carbocycles. The molecule has 3 rings (SSSR count). The Kier molecular flexibility index (Phi) is 5.31. The fourth-order valence-corrected chi connectivity index (χ4v) is 3.68. The topological polar surface area (TPSA) is 29.3 Å². The molecular formula is C19H22ClFN2. The third kappa shape index (κ3) is 4.77. The van der Waals surface area contributed by atoms with Gasteiger partial charge in [-0.1, -0.05) is 35.9 Å². The van der Waals surface area contributed by atoms with Gasteiger partial charge in [-0.2, -0.15) is 0 Å². The van der Waals surface area contributed by atoms with Gasteiger partial charge >= 0.3 is 0 Å². The summed E-state index contributed by atoms with van der Waals surface area (Å²) < 4.78 is 13.0. The number of halogens is 2. The molecule has 23 heavy (non-hydrogen) atoms. The zero-order valence-electron chi connectivity index (χ0n) is 13.1. The maximum absolute atomic E-state index is 13.0. The van der Waals surface area contributed by atoms with E-state index in [1.165, 1.54) is 17.7 Å². The van der Waals surface area contributed by atoms with Crippen LogP contribution in [0.4, 0.5) is 4.39 Å². The number of hydrogen-bond acceptors (Lipinski definition) is 2. The molecule has 1 saturated heterocycles. The van der Waals surface area contributed by atoms with Crippen LogP contribution in [0, 0.1) is 11.7 Å². The Labute approximate surface area is 142 Å². The molecule has 2 unspecified atom stereocenters. The number of hydrogen-bond donors (Lipinski definition) is 1. The molecule has 2 nitrogen and oxygen atoms in total. The number of likely N-dealkylation sites (tertiary alicyclic amines) is 1. The standard InChI is InChI=1S/C19H22ClFN2/c20-17-3-1-2-15(9-17)8-16-10-19(22)13-23(12-16)11-14-4-6-18(21)7-5-14/h1-7,9,16,19H,8,10-13,22H2. The van der Waals surface area contributed by atoms with Crippen molar-refractivity contribution in [1.29, 1.82) is 0 Å². The molecule has 0 aliphatic carbocycles. The summed E-state index contributed by atoms with van der Waals surface area (Å²) in [6.45, 7) is 2.72. The van der Waals surface area contributed by atoms with Crippen LogP contribution in [0.15, 0.2) is 48.5 Å². The van der Waals surface area contributed by atoms with Gasteiger partial charge in [-0.15, -0.1) is 0 Å². The Morgan fingerprint density at radius 1 is 1.09 bits per heavy atom. The number of piperidine rings is 1. The fraction of sp³-hybridized carbons (Fsp3) is 0.368. The first-order chi connectivity index (χ1) is 11.1. The molecule has 0 spiro atoms. The van der Waals surface area contributed by atoms with E-state index < -0.39 is 0 Å². The van der Waals surface area contributed by atoms with Gasteiger partial charge in [0.2, 0.25) is 0 Å². The van der Waals surface area contributed by atoms with Crippen molar-refractivity contribution in [3.8, 4) is 0 Å². The van der Waals surface area contributed by atoms with Gasteiger partial charge in [-0.3, -0.25) is 4.90 Å². The second kappa shape index (κ2) is 7.43. The molecule has 0 amide bonds. The van der Waals surface area contributed by atoms with Crippen molar-refractivity contribution in [2.75, 3.05) is 13.1 Å². The van der Waals surface area contributed by atoms with Crippen molar-refractivity contribution < 1.29 is 4.39 Å². The molecule has 1 heterocycles. The normalized spacial score (nSPS) is 22.2. The van der Waals surface area contributed by atoms with E-state index in [4.69, 9.17) is 17.3 Å². The Bertz CT molecular complexity index is 644. The summed E-state index contributed by atoms with van der Waals surface area (Å²) in [6.07, 6.45) is 2.03. The van der Waals surface area contributed by atoms with E-state index in [1.807, 2.05) is 30.3 Å². The van der Waals surface area contributed by atoms with Crippen LogP contribution in [-0.4, -0.2) is 24.0 Å². The van der Waals surface area contributed by atoms with Gasteiger partial charge in [0, 0.05) is 30.7 Å². The highest BCUT2D eigenvalue weighted by Crippen LogP contribution is 2.23. The smallest absolute Gasteiger partial charge is 0.123 e. The minimum Gasteiger partial charge on any atom is -0.327 e. The predicted octanol–water partition coefficient (Wildman–Crippen LogP) is 3.87. The van der Waals surface area contributed by atoms with Crippen molar-refractivity contribution in [3.63, 3.8) is 0 Å². The van der Waals surface area contributed by atoms with E-state index in [0.717, 1.165) is 43.1 Å². The van der Waals surface area contributed by atoms with Gasteiger partial charge in [0.25, 0.3) is 0 Å². The van der Waals surface area contributed by atoms with Crippen molar-refractivity contribution in [2.45, 2.75) is 25.4 Å². The molecule has 2 aromatic carbocycles. The van der Waals surface area contributed by atoms with Crippen LogP contribution >= 0.6 is 11.6 Å². The summed E-state index contributed by atoms with van der Waals surface area (Å²) in [5.41, 5.74) is 8.64. The highest BCUT2D eigenvalue weighted by Gasteiger charge is 2.25. The lowest BCUT2D eigenvalue weighted by Gasteiger charge is -2.36. The van der Waals surface area contributed by atoms with Gasteiger partial charge in [0.1, 0.15) is 5.82 Å². The van der Waals surface area contributed by atoms with E-state index in [1.54, 1.807) is 0 Å². The summed E-state index contributed by atoms with van der Waals surface area (Å²) in [7, 11) is 0. The highest BCUT2D eigenvalue weighted by molar-refractivity contribution is 6.30. The van der Waals surface area contributed by atoms with Crippen LogP contribution in [-0.2, 0) is 13.0 Å². The van der Waals surface area contributed by atoms with Crippen molar-refractivity contribution in [1.82, 2.24) is 4.90 Å². The minimum atomic E-state index is -0.192. The van der Waals surface area contributed by atoms with Crippen molar-refractivity contribution >= 4 is 11.6 Å². The van der Waals surface area contributed by atoms with Crippen molar-refractivity contribution in [3.05, 3.63) is 70.5 Å². The molecule has 1 aliphatic heterocycles. The predicted molar refractivity (Wildman–Crippen MR) is 92.9 cm³/mol. The first-order valence-electron chi connectivity index (χ1n) is 8.05. The molecule has 2 N–H and O–H groups in total. The van der Waals surface area contributed by atoms with E-state index in [-0.39, 0.29) is 11.9 Å². The zero-order valence-corrected chi connectivity index (χ0v) is 13.8. The van der Waals surface area contributed by atoms with Gasteiger partial charge in [0.15, 0.2) is 0 Å². The minimum absolute atomic E-state index is 0.188. The van der Waals surface area contributed by atoms with Crippen LogP contribution in [0.1, 0.15) is 17.5 Å². The molecule has 122 valence electrons. The summed E-state index contributed by atoms with van der Waals surface area (Å²) in [5, 5.41) is 0.783. The average Bonchev–Trinajstić information content (AvgIpc) is 2.49. The number of rotatable bonds is 4. The molecule has 2 atom stereocenters. The van der Waals surface area contributed by atoms with Gasteiger partial charge in [0.05, 0.1) is 0 Å². The second-order valence-electron chi connectivity index (χ2n) is 6.52. The second-order valence-corrected chi connectivity index (χ2v) is 6.95. The van der Waals surface area contributed by atoms with Crippen LogP contribution in [0.2, 0.25) is 5.02 Å². The quantitative estimate of drug-likeness (QED) is 0.921. The lowest BCUT2D eigenvalue weighted by molar-refractivity contribution is 0.149. The van der Waals surface area contributed by atoms with Crippen molar-refractivity contribution in [2.24, 2.45) is 11.7 Å². The number of nitrogens with two attached hydrogens (primary N) is 1. The Morgan fingerprint density at radius 2 is 1.87 bits per heavy atom. The Hall–Kier alpha value is -1.42. The first kappa shape index (κ1) is 16.4. The fourth-order valence-electron chi connectivity index (χ4n) is 3.47. The van der Waals surface area contributed by atoms with Crippen LogP contribution in [0.5, 0.6) is 0 Å². The lowest BCUT2D eigenvalue weighted by Crippen LogP contribution is -2.47. The third-order valence-electron chi connectivity index (χ3n) is 4.38. The molecule has 1 aliphatic rings. The molecule has 0 aromatic heterocycles. The van der Waals surface area contributed by atoms with Crippen LogP contribution in [0.25, 0.3) is 0 Å². The molecular weight excluding hydrogens is 311 g/mol. The number of nitrogens with zero attached hydrogens (tertiary/aromatic N) is 1. The Balaban J connectivity index is 1.63. The SMILES string of the molecule is NC1CC(Cc2cccc(Cl)c2)CN(Cc2ccc(F)cc2)C1. The average molecular weight is 333 g/mol. The molecule has 2 aromatic rings. The zero-order chi connectivity index (χ0) is 16.2. The van der Waals surface area contributed by atoms with E-state index in [9.17, 15) is 4.39 Å². The monoisotopic (exact) mass is 332 g/mol. The number of benzene rings is 2. The van der Waals surface area contributed by atoms with Crippen LogP contribution < -0.4 is 5.73 Å². The molecule has 0 radical (unpaired) electrons. The van der Waals surface area contributed by atoms with E-state index in [0.29, 0.717) is 5.92 Å². The van der Waals surface area contributed by atoms with Gasteiger partial charge < -0.3 is 5.73 Å². The highest BCUT2D eigenvalue weighted by atomic mass is 35.5. The third-order valence-corrected chi connectivity index (χ3v) is 4.61. The van der Waals surface area contributed by atoms with E-state index >= 15 is 0 Å². The van der Waals surface area contributed by atoms with Crippen LogP contribution in [0.3, 0.4) is 0 Å². The lowest BCUT2D eigenvalue weighted by atomic mass is 9.89. The first-order valence-corrected chi connectivity index (χ1v) is 8.43. The molecule has 0 bridgehead atoms. The maximum atomic E-state index is 13.0. The maximum Gasteiger partial charge on any atom is 0.123 e. The summed E-state index contributed by atoms with van der Waals surface area (Å²) in [4.78, 5) is 2.37. The molecule has 4 heteroatoms. The van der Waals surface area contributed by atoms with E-state index in [2.05, 4.69) is 11.0 Å². The summed E-state index contributed by atoms with van der Waals surface area (Å²) in [6, 6.07) is 15.0.